The first kappa shape index (κ1) is 6.22. The van der Waals surface area contributed by atoms with Crippen LogP contribution in [0.4, 0.5) is 0 Å². The van der Waals surface area contributed by atoms with Gasteiger partial charge in [-0.05, 0) is 0 Å². The third-order valence-corrected chi connectivity index (χ3v) is 1.61. The largest absolute Gasteiger partial charge is 0.304 e. The molecule has 0 aliphatic rings. The molecular weight excluding hydrogens is 134 g/mol. The lowest BCUT2D eigenvalue weighted by molar-refractivity contribution is 0.745. The third kappa shape index (κ3) is 1.81. The fraction of sp³-hybridized carbons (Fsp3) is 0.200. The van der Waals surface area contributed by atoms with Gasteiger partial charge in [-0.2, -0.15) is 5.10 Å². The average molecular weight is 141 g/mol. The van der Waals surface area contributed by atoms with Crippen molar-refractivity contribution in [3.05, 3.63) is 16.6 Å². The zero-order valence-electron chi connectivity index (χ0n) is 4.87. The van der Waals surface area contributed by atoms with Crippen molar-refractivity contribution >= 4 is 18.1 Å². The van der Waals surface area contributed by atoms with Crippen molar-refractivity contribution in [3.63, 3.8) is 0 Å². The van der Waals surface area contributed by atoms with Gasteiger partial charge >= 0.3 is 0 Å². The minimum absolute atomic E-state index is 0.682. The fourth-order valence-corrected chi connectivity index (χ4v) is 1.01. The van der Waals surface area contributed by atoms with Gasteiger partial charge in [0, 0.05) is 18.3 Å². The van der Waals surface area contributed by atoms with E-state index < -0.39 is 0 Å². The lowest BCUT2D eigenvalue weighted by Gasteiger charge is -1.91. The molecule has 0 aliphatic heterocycles. The van der Waals surface area contributed by atoms with Gasteiger partial charge in [0.25, 0.3) is 0 Å². The van der Waals surface area contributed by atoms with Crippen molar-refractivity contribution in [2.75, 3.05) is 0 Å². The van der Waals surface area contributed by atoms with Gasteiger partial charge in [-0.3, -0.25) is 0 Å². The molecular formula is C5H7N3S. The van der Waals surface area contributed by atoms with Crippen LogP contribution < -0.4 is 5.43 Å². The molecule has 0 saturated carbocycles. The summed E-state index contributed by atoms with van der Waals surface area (Å²) in [5.74, 6) is 0. The van der Waals surface area contributed by atoms with Gasteiger partial charge in [0.1, 0.15) is 5.01 Å². The normalized spacial score (nSPS) is 8.89. The van der Waals surface area contributed by atoms with Crippen LogP contribution in [0.15, 0.2) is 16.7 Å². The van der Waals surface area contributed by atoms with Gasteiger partial charge < -0.3 is 5.43 Å². The van der Waals surface area contributed by atoms with Crippen molar-refractivity contribution in [2.24, 2.45) is 5.10 Å². The number of hydrogen-bond donors (Lipinski definition) is 1. The van der Waals surface area contributed by atoms with Crippen molar-refractivity contribution in [3.8, 4) is 0 Å². The molecule has 4 heteroatoms. The first-order valence-electron chi connectivity index (χ1n) is 2.50. The van der Waals surface area contributed by atoms with E-state index in [4.69, 9.17) is 0 Å². The highest BCUT2D eigenvalue weighted by Gasteiger charge is 1.89. The summed E-state index contributed by atoms with van der Waals surface area (Å²) in [6, 6.07) is 0. The summed E-state index contributed by atoms with van der Waals surface area (Å²) < 4.78 is 0. The van der Waals surface area contributed by atoms with Crippen LogP contribution in [0.3, 0.4) is 0 Å². The number of hydrazone groups is 1. The van der Waals surface area contributed by atoms with Crippen molar-refractivity contribution in [2.45, 2.75) is 6.54 Å². The van der Waals surface area contributed by atoms with Gasteiger partial charge in [0.05, 0.1) is 6.54 Å². The maximum absolute atomic E-state index is 4.02. The van der Waals surface area contributed by atoms with Crippen LogP contribution in [0.2, 0.25) is 0 Å². The van der Waals surface area contributed by atoms with E-state index in [1.165, 1.54) is 0 Å². The second-order valence-electron chi connectivity index (χ2n) is 1.42. The minimum atomic E-state index is 0.682. The number of nitrogens with one attached hydrogen (secondary N) is 1. The molecule has 0 aromatic carbocycles. The highest BCUT2D eigenvalue weighted by molar-refractivity contribution is 7.09. The predicted octanol–water partition coefficient (Wildman–Crippen LogP) is 0.848. The molecule has 1 aromatic rings. The van der Waals surface area contributed by atoms with Crippen LogP contribution in [-0.4, -0.2) is 11.7 Å². The first-order chi connectivity index (χ1) is 4.43. The summed E-state index contributed by atoms with van der Waals surface area (Å²) in [7, 11) is 0. The minimum Gasteiger partial charge on any atom is -0.304 e. The molecule has 1 N–H and O–H groups in total. The summed E-state index contributed by atoms with van der Waals surface area (Å²) >= 11 is 1.60. The Hall–Kier alpha value is -0.900. The highest BCUT2D eigenvalue weighted by atomic mass is 32.1. The van der Waals surface area contributed by atoms with Crippen LogP contribution >= 0.6 is 11.3 Å². The topological polar surface area (TPSA) is 37.3 Å². The molecule has 1 rings (SSSR count). The summed E-state index contributed by atoms with van der Waals surface area (Å²) in [6.07, 6.45) is 1.77. The molecule has 0 aliphatic carbocycles. The van der Waals surface area contributed by atoms with Crippen molar-refractivity contribution in [1.29, 1.82) is 0 Å². The van der Waals surface area contributed by atoms with Gasteiger partial charge in [-0.25, -0.2) is 4.98 Å². The van der Waals surface area contributed by atoms with E-state index in [1.807, 2.05) is 5.38 Å². The molecule has 9 heavy (non-hydrogen) atoms. The van der Waals surface area contributed by atoms with E-state index in [-0.39, 0.29) is 0 Å². The van der Waals surface area contributed by atoms with E-state index in [9.17, 15) is 0 Å². The van der Waals surface area contributed by atoms with Crippen LogP contribution in [0.5, 0.6) is 0 Å². The summed E-state index contributed by atoms with van der Waals surface area (Å²) in [5, 5.41) is 6.44. The summed E-state index contributed by atoms with van der Waals surface area (Å²) in [5.41, 5.74) is 2.71. The molecule has 0 radical (unpaired) electrons. The molecule has 48 valence electrons. The maximum atomic E-state index is 4.02. The molecule has 0 unspecified atom stereocenters. The second-order valence-corrected chi connectivity index (χ2v) is 2.40. The second kappa shape index (κ2) is 3.19. The first-order valence-corrected chi connectivity index (χ1v) is 3.38. The summed E-state index contributed by atoms with van der Waals surface area (Å²) in [6.45, 7) is 3.96. The lowest BCUT2D eigenvalue weighted by atomic mass is 10.7. The molecule has 0 spiro atoms. The SMILES string of the molecule is C=NNCc1nccs1. The Labute approximate surface area is 57.4 Å². The Balaban J connectivity index is 2.38. The van der Waals surface area contributed by atoms with E-state index >= 15 is 0 Å². The van der Waals surface area contributed by atoms with E-state index in [2.05, 4.69) is 22.2 Å². The third-order valence-electron chi connectivity index (χ3n) is 0.826. The smallest absolute Gasteiger partial charge is 0.113 e. The zero-order chi connectivity index (χ0) is 6.53. The number of nitrogens with zero attached hydrogens (tertiary/aromatic N) is 2. The number of hydrogen-bond acceptors (Lipinski definition) is 4. The van der Waals surface area contributed by atoms with Crippen LogP contribution in [0, 0.1) is 0 Å². The molecule has 0 amide bonds. The Morgan fingerprint density at radius 3 is 3.33 bits per heavy atom. The highest BCUT2D eigenvalue weighted by Crippen LogP contribution is 2.01. The van der Waals surface area contributed by atoms with Crippen LogP contribution in [-0.2, 0) is 6.54 Å². The van der Waals surface area contributed by atoms with Gasteiger partial charge in [-0.15, -0.1) is 11.3 Å². The molecule has 0 fully saturated rings. The lowest BCUT2D eigenvalue weighted by Crippen LogP contribution is -2.02. The van der Waals surface area contributed by atoms with Gasteiger partial charge in [-0.1, -0.05) is 0 Å². The standard InChI is InChI=1S/C5H7N3S/c1-6-8-4-5-7-2-3-9-5/h2-3,8H,1,4H2. The molecule has 0 saturated heterocycles. The van der Waals surface area contributed by atoms with E-state index in [0.717, 1.165) is 5.01 Å². The molecule has 0 atom stereocenters. The van der Waals surface area contributed by atoms with Crippen molar-refractivity contribution < 1.29 is 0 Å². The average Bonchev–Trinajstić information content (AvgIpc) is 2.34. The Morgan fingerprint density at radius 1 is 1.89 bits per heavy atom. The Kier molecular flexibility index (Phi) is 2.21. The van der Waals surface area contributed by atoms with Crippen LogP contribution in [0.1, 0.15) is 5.01 Å². The number of aromatic nitrogens is 1. The fourth-order valence-electron chi connectivity index (χ4n) is 0.464. The molecule has 0 bridgehead atoms. The zero-order valence-corrected chi connectivity index (χ0v) is 5.69. The Morgan fingerprint density at radius 2 is 2.78 bits per heavy atom. The van der Waals surface area contributed by atoms with Gasteiger partial charge in [0.2, 0.25) is 0 Å². The molecule has 3 nitrogen and oxygen atoms in total. The van der Waals surface area contributed by atoms with Gasteiger partial charge in [0.15, 0.2) is 0 Å². The van der Waals surface area contributed by atoms with Crippen molar-refractivity contribution in [1.82, 2.24) is 10.4 Å². The molecule has 1 aromatic heterocycles. The number of thiazole rings is 1. The van der Waals surface area contributed by atoms with Crippen LogP contribution in [0.25, 0.3) is 0 Å². The van der Waals surface area contributed by atoms with E-state index in [1.54, 1.807) is 17.5 Å². The Bertz CT molecular complexity index is 170. The predicted molar refractivity (Wildman–Crippen MR) is 38.5 cm³/mol. The maximum Gasteiger partial charge on any atom is 0.113 e. The number of rotatable bonds is 3. The quantitative estimate of drug-likeness (QED) is 0.500. The van der Waals surface area contributed by atoms with E-state index in [0.29, 0.717) is 6.54 Å². The summed E-state index contributed by atoms with van der Waals surface area (Å²) in [4.78, 5) is 4.02. The molecule has 1 heterocycles. The monoisotopic (exact) mass is 141 g/mol.